The highest BCUT2D eigenvalue weighted by Crippen LogP contribution is 2.28. The number of anilines is 1. The summed E-state index contributed by atoms with van der Waals surface area (Å²) in [5.74, 6) is 0.973. The van der Waals surface area contributed by atoms with E-state index in [1.165, 1.54) is 27.7 Å². The molecule has 32 heavy (non-hydrogen) atoms. The average molecular weight is 545 g/mol. The van der Waals surface area contributed by atoms with E-state index in [2.05, 4.69) is 57.9 Å². The second kappa shape index (κ2) is 11.4. The normalized spacial score (nSPS) is 13.1. The topological polar surface area (TPSA) is 72.5 Å². The lowest BCUT2D eigenvalue weighted by Crippen LogP contribution is -2.39. The van der Waals surface area contributed by atoms with Crippen molar-refractivity contribution in [1.82, 2.24) is 15.6 Å². The minimum absolute atomic E-state index is 0. The van der Waals surface area contributed by atoms with Crippen LogP contribution in [0.5, 0.6) is 0 Å². The molecule has 1 aliphatic heterocycles. The third-order valence-corrected chi connectivity index (χ3v) is 5.97. The maximum absolute atomic E-state index is 12.6. The Morgan fingerprint density at radius 3 is 2.69 bits per heavy atom. The number of hydrogen-bond acceptors (Lipinski definition) is 2. The van der Waals surface area contributed by atoms with Gasteiger partial charge in [0, 0.05) is 55.4 Å². The fraction of sp³-hybridized carbons (Fsp3) is 0.360. The first-order chi connectivity index (χ1) is 15.2. The first kappa shape index (κ1) is 24.1. The molecule has 170 valence electrons. The van der Waals surface area contributed by atoms with Gasteiger partial charge in [0.1, 0.15) is 0 Å². The number of hydrogen-bond donors (Lipinski definition) is 3. The molecule has 1 aromatic heterocycles. The van der Waals surface area contributed by atoms with Crippen molar-refractivity contribution >= 4 is 52.4 Å². The summed E-state index contributed by atoms with van der Waals surface area (Å²) in [5, 5.41) is 8.00. The Bertz CT molecular complexity index is 1090. The molecule has 0 spiro atoms. The first-order valence-corrected chi connectivity index (χ1v) is 11.1. The summed E-state index contributed by atoms with van der Waals surface area (Å²) >= 11 is 0. The average Bonchev–Trinajstić information content (AvgIpc) is 3.36. The van der Waals surface area contributed by atoms with Crippen molar-refractivity contribution in [3.8, 4) is 0 Å². The predicted molar refractivity (Wildman–Crippen MR) is 143 cm³/mol. The molecule has 3 aromatic rings. The van der Waals surface area contributed by atoms with Gasteiger partial charge in [0.15, 0.2) is 5.96 Å². The number of benzene rings is 2. The maximum Gasteiger partial charge on any atom is 0.227 e. The largest absolute Gasteiger partial charge is 0.358 e. The molecule has 0 saturated heterocycles. The molecule has 0 fully saturated rings. The molecule has 7 heteroatoms. The quantitative estimate of drug-likeness (QED) is 0.181. The minimum Gasteiger partial charge on any atom is -0.358 e. The molecule has 2 heterocycles. The van der Waals surface area contributed by atoms with Gasteiger partial charge in [-0.05, 0) is 49.4 Å². The number of para-hydroxylation sites is 2. The summed E-state index contributed by atoms with van der Waals surface area (Å²) in [6.45, 7) is 4.43. The van der Waals surface area contributed by atoms with Crippen LogP contribution in [0.4, 0.5) is 5.69 Å². The van der Waals surface area contributed by atoms with Gasteiger partial charge < -0.3 is 20.5 Å². The number of rotatable bonds is 7. The van der Waals surface area contributed by atoms with Crippen LogP contribution in [-0.2, 0) is 17.6 Å². The van der Waals surface area contributed by atoms with E-state index in [0.29, 0.717) is 13.0 Å². The van der Waals surface area contributed by atoms with Crippen molar-refractivity contribution in [1.29, 1.82) is 0 Å². The third-order valence-electron chi connectivity index (χ3n) is 5.97. The van der Waals surface area contributed by atoms with Crippen LogP contribution >= 0.6 is 24.0 Å². The predicted octanol–water partition coefficient (Wildman–Crippen LogP) is 4.17. The van der Waals surface area contributed by atoms with E-state index in [1.807, 2.05) is 23.1 Å². The zero-order valence-electron chi connectivity index (χ0n) is 18.8. The van der Waals surface area contributed by atoms with Gasteiger partial charge in [0.25, 0.3) is 0 Å². The highest BCUT2D eigenvalue weighted by atomic mass is 127. The molecule has 1 amide bonds. The van der Waals surface area contributed by atoms with E-state index >= 15 is 0 Å². The number of carbonyl (C=O) groups is 1. The summed E-state index contributed by atoms with van der Waals surface area (Å²) < 4.78 is 0. The smallest absolute Gasteiger partial charge is 0.227 e. The van der Waals surface area contributed by atoms with Crippen molar-refractivity contribution in [2.24, 2.45) is 4.99 Å². The van der Waals surface area contributed by atoms with Crippen LogP contribution in [-0.4, -0.2) is 43.5 Å². The van der Waals surface area contributed by atoms with Crippen molar-refractivity contribution in [2.45, 2.75) is 32.6 Å². The van der Waals surface area contributed by atoms with Crippen LogP contribution in [0, 0.1) is 6.92 Å². The van der Waals surface area contributed by atoms with Gasteiger partial charge in [0.05, 0.1) is 0 Å². The fourth-order valence-electron chi connectivity index (χ4n) is 4.36. The first-order valence-electron chi connectivity index (χ1n) is 11.1. The van der Waals surface area contributed by atoms with E-state index in [9.17, 15) is 4.79 Å². The number of guanidine groups is 1. The van der Waals surface area contributed by atoms with Crippen LogP contribution in [0.15, 0.2) is 53.5 Å². The lowest BCUT2D eigenvalue weighted by molar-refractivity contribution is -0.118. The van der Waals surface area contributed by atoms with Crippen LogP contribution in [0.25, 0.3) is 10.9 Å². The molecular formula is C25H32IN5O. The molecule has 0 atom stereocenters. The summed E-state index contributed by atoms with van der Waals surface area (Å²) in [5.41, 5.74) is 6.08. The standard InChI is InChI=1S/C25H31N5O.HI/c1-18-20(21-9-4-5-10-22(21)29-18)13-16-28-25(26-2)27-15-7-12-24(31)30-17-14-19-8-3-6-11-23(19)30;/h3-6,8-11,29H,7,12-17H2,1-2H3,(H2,26,27,28);1H. The second-order valence-corrected chi connectivity index (χ2v) is 7.98. The zero-order chi connectivity index (χ0) is 21.6. The number of nitrogens with one attached hydrogen (secondary N) is 3. The lowest BCUT2D eigenvalue weighted by Gasteiger charge is -2.17. The molecule has 0 aliphatic carbocycles. The number of aliphatic imine (C=N–C) groups is 1. The van der Waals surface area contributed by atoms with E-state index in [0.717, 1.165) is 44.0 Å². The molecule has 6 nitrogen and oxygen atoms in total. The van der Waals surface area contributed by atoms with Crippen LogP contribution in [0.1, 0.15) is 29.7 Å². The van der Waals surface area contributed by atoms with Crippen LogP contribution in [0.3, 0.4) is 0 Å². The maximum atomic E-state index is 12.6. The van der Waals surface area contributed by atoms with E-state index in [-0.39, 0.29) is 29.9 Å². The van der Waals surface area contributed by atoms with E-state index in [1.54, 1.807) is 7.05 Å². The number of aromatic amines is 1. The zero-order valence-corrected chi connectivity index (χ0v) is 21.1. The Morgan fingerprint density at radius 2 is 1.84 bits per heavy atom. The highest BCUT2D eigenvalue weighted by Gasteiger charge is 2.23. The highest BCUT2D eigenvalue weighted by molar-refractivity contribution is 14.0. The van der Waals surface area contributed by atoms with Crippen LogP contribution in [0.2, 0.25) is 0 Å². The van der Waals surface area contributed by atoms with Gasteiger partial charge in [-0.2, -0.15) is 0 Å². The van der Waals surface area contributed by atoms with Gasteiger partial charge in [-0.3, -0.25) is 9.79 Å². The van der Waals surface area contributed by atoms with Crippen molar-refractivity contribution in [3.63, 3.8) is 0 Å². The summed E-state index contributed by atoms with van der Waals surface area (Å²) in [6.07, 6.45) is 3.18. The molecule has 3 N–H and O–H groups in total. The minimum atomic E-state index is 0. The number of carbonyl (C=O) groups excluding carboxylic acids is 1. The van der Waals surface area contributed by atoms with Crippen LogP contribution < -0.4 is 15.5 Å². The molecule has 0 radical (unpaired) electrons. The molecule has 4 rings (SSSR count). The Labute approximate surface area is 206 Å². The number of halogens is 1. The lowest BCUT2D eigenvalue weighted by atomic mass is 10.1. The van der Waals surface area contributed by atoms with Crippen molar-refractivity contribution in [3.05, 3.63) is 65.4 Å². The molecule has 0 saturated carbocycles. The monoisotopic (exact) mass is 545 g/mol. The summed E-state index contributed by atoms with van der Waals surface area (Å²) in [6, 6.07) is 16.6. The van der Waals surface area contributed by atoms with Crippen molar-refractivity contribution in [2.75, 3.05) is 31.6 Å². The molecule has 2 aromatic carbocycles. The number of aryl methyl sites for hydroxylation is 1. The molecule has 1 aliphatic rings. The number of fused-ring (bicyclic) bond motifs is 2. The van der Waals surface area contributed by atoms with Gasteiger partial charge >= 0.3 is 0 Å². The fourth-order valence-corrected chi connectivity index (χ4v) is 4.36. The Kier molecular flexibility index (Phi) is 8.55. The number of nitrogens with zero attached hydrogens (tertiary/aromatic N) is 2. The number of amides is 1. The van der Waals surface area contributed by atoms with Gasteiger partial charge in [-0.15, -0.1) is 24.0 Å². The SMILES string of the molecule is CN=C(NCCCC(=O)N1CCc2ccccc21)NCCc1c(C)[nH]c2ccccc12.I. The van der Waals surface area contributed by atoms with Crippen molar-refractivity contribution < 1.29 is 4.79 Å². The second-order valence-electron chi connectivity index (χ2n) is 7.98. The number of H-pyrrole nitrogens is 1. The van der Waals surface area contributed by atoms with Gasteiger partial charge in [-0.25, -0.2) is 0 Å². The number of aromatic nitrogens is 1. The van der Waals surface area contributed by atoms with E-state index < -0.39 is 0 Å². The van der Waals surface area contributed by atoms with Gasteiger partial charge in [0.2, 0.25) is 5.91 Å². The third kappa shape index (κ3) is 5.43. The Hall–Kier alpha value is -2.55. The van der Waals surface area contributed by atoms with E-state index in [4.69, 9.17) is 0 Å². The Balaban J connectivity index is 0.00000289. The Morgan fingerprint density at radius 1 is 1.09 bits per heavy atom. The molecule has 0 bridgehead atoms. The molecule has 0 unspecified atom stereocenters. The summed E-state index contributed by atoms with van der Waals surface area (Å²) in [7, 11) is 1.78. The summed E-state index contributed by atoms with van der Waals surface area (Å²) in [4.78, 5) is 22.3. The van der Waals surface area contributed by atoms with Gasteiger partial charge in [-0.1, -0.05) is 36.4 Å². The molecular weight excluding hydrogens is 513 g/mol.